The van der Waals surface area contributed by atoms with Crippen molar-refractivity contribution in [2.75, 3.05) is 11.4 Å². The summed E-state index contributed by atoms with van der Waals surface area (Å²) in [4.78, 5) is 27.8. The van der Waals surface area contributed by atoms with Crippen LogP contribution in [0.15, 0.2) is 41.2 Å². The van der Waals surface area contributed by atoms with Crippen molar-refractivity contribution in [1.82, 2.24) is 9.78 Å². The summed E-state index contributed by atoms with van der Waals surface area (Å²) < 4.78 is 16.2. The Morgan fingerprint density at radius 2 is 1.93 bits per heavy atom. The van der Waals surface area contributed by atoms with E-state index in [-0.39, 0.29) is 23.1 Å². The van der Waals surface area contributed by atoms with E-state index in [9.17, 15) is 14.0 Å². The first-order valence-corrected chi connectivity index (χ1v) is 9.97. The van der Waals surface area contributed by atoms with E-state index in [2.05, 4.69) is 5.10 Å². The molecule has 2 aromatic carbocycles. The highest BCUT2D eigenvalue weighted by atomic mass is 19.1. The topological polar surface area (TPSA) is 55.2 Å². The molecule has 0 fully saturated rings. The monoisotopic (exact) mass is 393 g/mol. The lowest BCUT2D eigenvalue weighted by Gasteiger charge is -2.30. The van der Waals surface area contributed by atoms with Gasteiger partial charge in [-0.2, -0.15) is 5.10 Å². The lowest BCUT2D eigenvalue weighted by molar-refractivity contribution is 0.0978. The first kappa shape index (κ1) is 19.3. The lowest BCUT2D eigenvalue weighted by atomic mass is 9.98. The highest BCUT2D eigenvalue weighted by Gasteiger charge is 2.29. The summed E-state index contributed by atoms with van der Waals surface area (Å²) in [5.74, 6) is -0.573. The molecule has 0 atom stereocenters. The van der Waals surface area contributed by atoms with E-state index in [1.165, 1.54) is 15.6 Å². The molecule has 1 aliphatic heterocycles. The molecule has 1 aromatic heterocycles. The predicted octanol–water partition coefficient (Wildman–Crippen LogP) is 4.09. The molecule has 0 N–H and O–H groups in total. The van der Waals surface area contributed by atoms with Crippen LogP contribution in [0.2, 0.25) is 0 Å². The molecule has 0 radical (unpaired) electrons. The molecule has 6 heteroatoms. The summed E-state index contributed by atoms with van der Waals surface area (Å²) in [6.07, 6.45) is 1.49. The van der Waals surface area contributed by atoms with Crippen molar-refractivity contribution in [1.29, 1.82) is 0 Å². The Kier molecular flexibility index (Phi) is 4.94. The maximum Gasteiger partial charge on any atom is 0.279 e. The third-order valence-electron chi connectivity index (χ3n) is 5.24. The third kappa shape index (κ3) is 3.43. The highest BCUT2D eigenvalue weighted by Crippen LogP contribution is 2.32. The van der Waals surface area contributed by atoms with Gasteiger partial charge in [-0.05, 0) is 48.9 Å². The Bertz CT molecular complexity index is 1170. The van der Waals surface area contributed by atoms with Crippen molar-refractivity contribution in [3.63, 3.8) is 0 Å². The molecule has 29 heavy (non-hydrogen) atoms. The summed E-state index contributed by atoms with van der Waals surface area (Å²) in [5.41, 5.74) is 1.98. The smallest absolute Gasteiger partial charge is 0.279 e. The van der Waals surface area contributed by atoms with E-state index in [1.807, 2.05) is 26.8 Å². The first-order valence-electron chi connectivity index (χ1n) is 9.97. The van der Waals surface area contributed by atoms with Crippen LogP contribution in [0, 0.1) is 18.7 Å². The van der Waals surface area contributed by atoms with Crippen LogP contribution in [0.3, 0.4) is 0 Å². The van der Waals surface area contributed by atoms with Gasteiger partial charge in [0.25, 0.3) is 11.5 Å². The van der Waals surface area contributed by atoms with Gasteiger partial charge in [0.05, 0.1) is 11.1 Å². The minimum absolute atomic E-state index is 0.189. The number of halogens is 1. The van der Waals surface area contributed by atoms with Crippen molar-refractivity contribution in [2.45, 2.75) is 40.2 Å². The molecular weight excluding hydrogens is 369 g/mol. The Balaban J connectivity index is 1.89. The van der Waals surface area contributed by atoms with Crippen molar-refractivity contribution < 1.29 is 9.18 Å². The van der Waals surface area contributed by atoms with Crippen LogP contribution in [-0.2, 0) is 13.0 Å². The summed E-state index contributed by atoms with van der Waals surface area (Å²) in [7, 11) is 0. The Hall–Kier alpha value is -3.02. The number of carbonyl (C=O) groups excluding carboxylic acids is 1. The molecule has 0 spiro atoms. The van der Waals surface area contributed by atoms with Crippen LogP contribution >= 0.6 is 0 Å². The van der Waals surface area contributed by atoms with Crippen molar-refractivity contribution in [3.05, 3.63) is 69.4 Å². The summed E-state index contributed by atoms with van der Waals surface area (Å²) in [6, 6.07) is 10.4. The molecule has 150 valence electrons. The highest BCUT2D eigenvalue weighted by molar-refractivity contribution is 6.12. The van der Waals surface area contributed by atoms with E-state index < -0.39 is 5.82 Å². The number of hydrogen-bond acceptors (Lipinski definition) is 3. The number of nitrogens with zero attached hydrogens (tertiary/aromatic N) is 3. The summed E-state index contributed by atoms with van der Waals surface area (Å²) in [6.45, 7) is 6.66. The Morgan fingerprint density at radius 1 is 1.21 bits per heavy atom. The van der Waals surface area contributed by atoms with Gasteiger partial charge in [0.1, 0.15) is 5.82 Å². The van der Waals surface area contributed by atoms with Crippen molar-refractivity contribution >= 4 is 22.4 Å². The zero-order chi connectivity index (χ0) is 20.7. The first-order chi connectivity index (χ1) is 13.9. The third-order valence-corrected chi connectivity index (χ3v) is 5.24. The summed E-state index contributed by atoms with van der Waals surface area (Å²) >= 11 is 0. The van der Waals surface area contributed by atoms with Crippen molar-refractivity contribution in [3.8, 4) is 0 Å². The molecule has 0 saturated heterocycles. The van der Waals surface area contributed by atoms with E-state index in [0.29, 0.717) is 29.5 Å². The maximum atomic E-state index is 14.8. The van der Waals surface area contributed by atoms with Gasteiger partial charge in [0.15, 0.2) is 5.69 Å². The molecule has 0 aliphatic carbocycles. The second kappa shape index (κ2) is 7.43. The zero-order valence-electron chi connectivity index (χ0n) is 16.9. The van der Waals surface area contributed by atoms with Gasteiger partial charge in [-0.25, -0.2) is 9.07 Å². The van der Waals surface area contributed by atoms with E-state index in [0.717, 1.165) is 24.0 Å². The van der Waals surface area contributed by atoms with Gasteiger partial charge >= 0.3 is 0 Å². The molecule has 0 saturated carbocycles. The fourth-order valence-corrected chi connectivity index (χ4v) is 4.03. The number of rotatable bonds is 3. The number of carbonyl (C=O) groups is 1. The molecule has 3 aromatic rings. The van der Waals surface area contributed by atoms with Gasteiger partial charge in [-0.3, -0.25) is 9.59 Å². The molecule has 2 heterocycles. The van der Waals surface area contributed by atoms with E-state index >= 15 is 0 Å². The number of aryl methyl sites for hydroxylation is 2. The van der Waals surface area contributed by atoms with Gasteiger partial charge in [-0.15, -0.1) is 0 Å². The molecular formula is C23H24FN3O2. The predicted molar refractivity (Wildman–Crippen MR) is 112 cm³/mol. The number of anilines is 1. The second-order valence-corrected chi connectivity index (χ2v) is 8.09. The lowest BCUT2D eigenvalue weighted by Crippen LogP contribution is -2.38. The average Bonchev–Trinajstić information content (AvgIpc) is 2.68. The standard InChI is InChI=1S/C23H24FN3O2/c1-14(2)13-27-22(28)18-9-5-4-8-17(18)20(25-27)23(29)26-10-6-7-16-11-15(3)12-19(24)21(16)26/h4-5,8-9,11-12,14H,6-7,10,13H2,1-3H3. The minimum atomic E-state index is -0.396. The van der Waals surface area contributed by atoms with Crippen LogP contribution in [0.4, 0.5) is 10.1 Å². The number of benzene rings is 2. The largest absolute Gasteiger partial charge is 0.304 e. The Morgan fingerprint density at radius 3 is 2.66 bits per heavy atom. The van der Waals surface area contributed by atoms with Crippen LogP contribution in [-0.4, -0.2) is 22.2 Å². The van der Waals surface area contributed by atoms with Gasteiger partial charge in [0, 0.05) is 18.5 Å². The number of fused-ring (bicyclic) bond motifs is 2. The van der Waals surface area contributed by atoms with E-state index in [4.69, 9.17) is 0 Å². The SMILES string of the molecule is Cc1cc(F)c2c(c1)CCCN2C(=O)c1nn(CC(C)C)c(=O)c2ccccc12. The van der Waals surface area contributed by atoms with Gasteiger partial charge in [-0.1, -0.05) is 38.1 Å². The summed E-state index contributed by atoms with van der Waals surface area (Å²) in [5, 5.41) is 5.38. The molecule has 1 amide bonds. The second-order valence-electron chi connectivity index (χ2n) is 8.09. The van der Waals surface area contributed by atoms with Crippen LogP contribution in [0.5, 0.6) is 0 Å². The molecule has 4 rings (SSSR count). The molecule has 0 bridgehead atoms. The minimum Gasteiger partial charge on any atom is -0.304 e. The number of aromatic nitrogens is 2. The van der Waals surface area contributed by atoms with Crippen LogP contribution in [0.25, 0.3) is 10.8 Å². The van der Waals surface area contributed by atoms with Gasteiger partial charge < -0.3 is 4.90 Å². The van der Waals surface area contributed by atoms with E-state index in [1.54, 1.807) is 24.3 Å². The normalized spacial score (nSPS) is 13.8. The molecule has 0 unspecified atom stereocenters. The Labute approximate surface area is 168 Å². The fraction of sp³-hybridized carbons (Fsp3) is 0.348. The van der Waals surface area contributed by atoms with Gasteiger partial charge in [0.2, 0.25) is 0 Å². The van der Waals surface area contributed by atoms with Crippen LogP contribution < -0.4 is 10.5 Å². The zero-order valence-corrected chi connectivity index (χ0v) is 16.9. The average molecular weight is 393 g/mol. The number of amides is 1. The number of hydrogen-bond donors (Lipinski definition) is 0. The maximum absolute atomic E-state index is 14.8. The molecule has 5 nitrogen and oxygen atoms in total. The van der Waals surface area contributed by atoms with Crippen LogP contribution in [0.1, 0.15) is 41.9 Å². The van der Waals surface area contributed by atoms with Crippen molar-refractivity contribution in [2.24, 2.45) is 5.92 Å². The fourth-order valence-electron chi connectivity index (χ4n) is 4.03. The quantitative estimate of drug-likeness (QED) is 0.673. The molecule has 1 aliphatic rings.